The minimum Gasteiger partial charge on any atom is -0.445 e. The van der Waals surface area contributed by atoms with Crippen molar-refractivity contribution in [3.05, 3.63) is 154 Å². The lowest BCUT2D eigenvalue weighted by molar-refractivity contribution is 0.131. The molecule has 0 aliphatic carbocycles. The van der Waals surface area contributed by atoms with Crippen molar-refractivity contribution in [3.8, 4) is 0 Å². The van der Waals surface area contributed by atoms with Gasteiger partial charge in [0, 0.05) is 4.91 Å². The maximum absolute atomic E-state index is 13.1. The fourth-order valence-electron chi connectivity index (χ4n) is 4.27. The molecule has 0 unspecified atom stereocenters. The largest absolute Gasteiger partial charge is 0.445 e. The number of ether oxygens (including phenoxy) is 1. The summed E-state index contributed by atoms with van der Waals surface area (Å²) in [6, 6.07) is 37.7. The van der Waals surface area contributed by atoms with Gasteiger partial charge in [-0.2, -0.15) is 0 Å². The summed E-state index contributed by atoms with van der Waals surface area (Å²) in [5.74, 6) is 0. The first-order valence-corrected chi connectivity index (χ1v) is 11.4. The molecule has 6 nitrogen and oxygen atoms in total. The second kappa shape index (κ2) is 11.5. The monoisotopic (exact) mass is 462 g/mol. The molecule has 4 aromatic rings. The van der Waals surface area contributed by atoms with Crippen LogP contribution in [0.25, 0.3) is 10.4 Å². The number of nitrogens with zero attached hydrogens (tertiary/aromatic N) is 3. The van der Waals surface area contributed by atoms with Gasteiger partial charge in [-0.05, 0) is 34.2 Å². The summed E-state index contributed by atoms with van der Waals surface area (Å²) in [7, 11) is 0. The Hall–Kier alpha value is -4.54. The van der Waals surface area contributed by atoms with E-state index in [2.05, 4.69) is 15.3 Å². The molecular formula is C29H26N4O2. The number of carbonyl (C=O) groups is 1. The molecule has 1 atom stereocenters. The molecule has 0 fully saturated rings. The van der Waals surface area contributed by atoms with E-state index in [1.165, 1.54) is 0 Å². The Labute approximate surface area is 204 Å². The van der Waals surface area contributed by atoms with Crippen molar-refractivity contribution in [2.45, 2.75) is 24.6 Å². The molecular weight excluding hydrogens is 436 g/mol. The summed E-state index contributed by atoms with van der Waals surface area (Å²) in [6.07, 6.45) is -0.163. The van der Waals surface area contributed by atoms with Gasteiger partial charge in [-0.1, -0.05) is 126 Å². The number of alkyl carbamates (subject to hydrolysis) is 1. The van der Waals surface area contributed by atoms with Crippen molar-refractivity contribution < 1.29 is 9.53 Å². The Bertz CT molecular complexity index is 1220. The number of benzene rings is 4. The number of rotatable bonds is 9. The number of hydrogen-bond donors (Lipinski definition) is 1. The van der Waals surface area contributed by atoms with Gasteiger partial charge in [-0.3, -0.25) is 0 Å². The minimum absolute atomic E-state index is 0.135. The molecule has 0 heterocycles. The lowest BCUT2D eigenvalue weighted by atomic mass is 9.75. The van der Waals surface area contributed by atoms with Crippen molar-refractivity contribution >= 4 is 6.09 Å². The Morgan fingerprint density at radius 3 is 1.71 bits per heavy atom. The SMILES string of the molecule is [N-]=[N+]=NC(c1ccccc1)(c1ccccc1)[C@H](Cc1ccccc1)NC(=O)OCc1ccccc1. The smallest absolute Gasteiger partial charge is 0.407 e. The quantitative estimate of drug-likeness (QED) is 0.169. The molecule has 6 heteroatoms. The number of azide groups is 1. The van der Waals surface area contributed by atoms with Crippen LogP contribution in [-0.2, 0) is 23.3 Å². The molecule has 174 valence electrons. The topological polar surface area (TPSA) is 87.1 Å². The standard InChI is InChI=1S/C29H26N4O2/c30-33-32-29(25-17-9-3-10-18-25,26-19-11-4-12-20-26)27(21-23-13-5-1-6-14-23)31-28(34)35-22-24-15-7-2-8-16-24/h1-20,27H,21-22H2,(H,31,34)/t27-/m0/s1. The van der Waals surface area contributed by atoms with E-state index >= 15 is 0 Å². The van der Waals surface area contributed by atoms with Gasteiger partial charge in [0.25, 0.3) is 0 Å². The summed E-state index contributed by atoms with van der Waals surface area (Å²) >= 11 is 0. The highest BCUT2D eigenvalue weighted by molar-refractivity contribution is 5.68. The van der Waals surface area contributed by atoms with E-state index in [1.54, 1.807) is 0 Å². The summed E-state index contributed by atoms with van der Waals surface area (Å²) in [4.78, 5) is 16.3. The fraction of sp³-hybridized carbons (Fsp3) is 0.138. The second-order valence-corrected chi connectivity index (χ2v) is 8.14. The predicted octanol–water partition coefficient (Wildman–Crippen LogP) is 6.78. The summed E-state index contributed by atoms with van der Waals surface area (Å²) < 4.78 is 5.56. The van der Waals surface area contributed by atoms with E-state index in [0.29, 0.717) is 6.42 Å². The Morgan fingerprint density at radius 1 is 0.771 bits per heavy atom. The molecule has 0 saturated carbocycles. The first-order chi connectivity index (χ1) is 17.2. The van der Waals surface area contributed by atoms with E-state index in [-0.39, 0.29) is 6.61 Å². The van der Waals surface area contributed by atoms with Crippen molar-refractivity contribution in [1.29, 1.82) is 0 Å². The molecule has 1 N–H and O–H groups in total. The molecule has 35 heavy (non-hydrogen) atoms. The average Bonchev–Trinajstić information content (AvgIpc) is 2.92. The van der Waals surface area contributed by atoms with Crippen molar-refractivity contribution in [3.63, 3.8) is 0 Å². The predicted molar refractivity (Wildman–Crippen MR) is 137 cm³/mol. The number of carbonyl (C=O) groups excluding carboxylic acids is 1. The molecule has 0 spiro atoms. The van der Waals surface area contributed by atoms with E-state index in [4.69, 9.17) is 4.74 Å². The number of nitrogens with one attached hydrogen (secondary N) is 1. The highest BCUT2D eigenvalue weighted by Gasteiger charge is 2.43. The molecule has 0 aliphatic rings. The Kier molecular flexibility index (Phi) is 7.79. The van der Waals surface area contributed by atoms with Gasteiger partial charge in [-0.25, -0.2) is 4.79 Å². The van der Waals surface area contributed by atoms with Crippen molar-refractivity contribution in [2.24, 2.45) is 5.11 Å². The minimum atomic E-state index is -1.21. The Balaban J connectivity index is 1.76. The zero-order valence-electron chi connectivity index (χ0n) is 19.2. The van der Waals surface area contributed by atoms with Gasteiger partial charge in [0.1, 0.15) is 12.1 Å². The number of hydrogen-bond acceptors (Lipinski definition) is 3. The lowest BCUT2D eigenvalue weighted by Gasteiger charge is -2.38. The van der Waals surface area contributed by atoms with Gasteiger partial charge in [-0.15, -0.1) is 0 Å². The summed E-state index contributed by atoms with van der Waals surface area (Å²) in [5, 5.41) is 7.41. The van der Waals surface area contributed by atoms with Crippen LogP contribution < -0.4 is 5.32 Å². The molecule has 4 rings (SSSR count). The van der Waals surface area contributed by atoms with Crippen LogP contribution in [0.2, 0.25) is 0 Å². The van der Waals surface area contributed by atoms with Gasteiger partial charge < -0.3 is 10.1 Å². The van der Waals surface area contributed by atoms with Crippen LogP contribution in [0.5, 0.6) is 0 Å². The number of amides is 1. The van der Waals surface area contributed by atoms with Crippen molar-refractivity contribution in [1.82, 2.24) is 5.32 Å². The molecule has 0 aliphatic heterocycles. The van der Waals surface area contributed by atoms with Gasteiger partial charge >= 0.3 is 6.09 Å². The third-order valence-corrected chi connectivity index (χ3v) is 5.92. The van der Waals surface area contributed by atoms with Crippen LogP contribution in [0.15, 0.2) is 126 Å². The molecule has 0 aromatic heterocycles. The van der Waals surface area contributed by atoms with Gasteiger partial charge in [0.05, 0.1) is 6.04 Å². The maximum Gasteiger partial charge on any atom is 0.407 e. The van der Waals surface area contributed by atoms with Crippen LogP contribution in [0.3, 0.4) is 0 Å². The first kappa shape index (κ1) is 23.6. The van der Waals surface area contributed by atoms with E-state index < -0.39 is 17.7 Å². The van der Waals surface area contributed by atoms with E-state index in [0.717, 1.165) is 22.3 Å². The maximum atomic E-state index is 13.1. The van der Waals surface area contributed by atoms with Crippen LogP contribution >= 0.6 is 0 Å². The second-order valence-electron chi connectivity index (χ2n) is 8.14. The molecule has 0 radical (unpaired) electrons. The molecule has 0 bridgehead atoms. The van der Waals surface area contributed by atoms with Crippen molar-refractivity contribution in [2.75, 3.05) is 0 Å². The Morgan fingerprint density at radius 2 is 1.23 bits per heavy atom. The molecule has 0 saturated heterocycles. The van der Waals surface area contributed by atoms with Gasteiger partial charge in [0.2, 0.25) is 0 Å². The zero-order chi connectivity index (χ0) is 24.3. The molecule has 4 aromatic carbocycles. The zero-order valence-corrected chi connectivity index (χ0v) is 19.2. The normalized spacial score (nSPS) is 11.7. The summed E-state index contributed by atoms with van der Waals surface area (Å²) in [5.41, 5.74) is 11.9. The highest BCUT2D eigenvalue weighted by Crippen LogP contribution is 2.39. The first-order valence-electron chi connectivity index (χ1n) is 11.4. The summed E-state index contributed by atoms with van der Waals surface area (Å²) in [6.45, 7) is 0.135. The van der Waals surface area contributed by atoms with Crippen LogP contribution in [0.1, 0.15) is 22.3 Å². The van der Waals surface area contributed by atoms with Crippen LogP contribution in [-0.4, -0.2) is 12.1 Å². The fourth-order valence-corrected chi connectivity index (χ4v) is 4.27. The van der Waals surface area contributed by atoms with E-state index in [9.17, 15) is 10.3 Å². The van der Waals surface area contributed by atoms with Crippen LogP contribution in [0, 0.1) is 0 Å². The highest BCUT2D eigenvalue weighted by atomic mass is 16.5. The third-order valence-electron chi connectivity index (χ3n) is 5.92. The average molecular weight is 463 g/mol. The van der Waals surface area contributed by atoms with Crippen LogP contribution in [0.4, 0.5) is 4.79 Å². The molecule has 1 amide bonds. The third kappa shape index (κ3) is 5.69. The van der Waals surface area contributed by atoms with Gasteiger partial charge in [0.15, 0.2) is 0 Å². The lowest BCUT2D eigenvalue weighted by Crippen LogP contribution is -2.51. The van der Waals surface area contributed by atoms with E-state index in [1.807, 2.05) is 121 Å².